The normalized spacial score (nSPS) is 16.9. The fraction of sp³-hybridized carbons (Fsp3) is 0.417. The summed E-state index contributed by atoms with van der Waals surface area (Å²) in [7, 11) is -3.95. The molecule has 0 saturated heterocycles. The van der Waals surface area contributed by atoms with Gasteiger partial charge in [0.15, 0.2) is 0 Å². The van der Waals surface area contributed by atoms with Crippen molar-refractivity contribution in [2.45, 2.75) is 30.2 Å². The van der Waals surface area contributed by atoms with Crippen molar-refractivity contribution < 1.29 is 18.3 Å². The molecule has 0 aromatic heterocycles. The van der Waals surface area contributed by atoms with Gasteiger partial charge >= 0.3 is 5.97 Å². The fourth-order valence-electron chi connectivity index (χ4n) is 1.99. The minimum Gasteiger partial charge on any atom is -0.481 e. The molecule has 1 aliphatic carbocycles. The smallest absolute Gasteiger partial charge is 0.304 e. The van der Waals surface area contributed by atoms with Gasteiger partial charge in [-0.05, 0) is 30.9 Å². The highest BCUT2D eigenvalue weighted by molar-refractivity contribution is 7.89. The Labute approximate surface area is 126 Å². The highest BCUT2D eigenvalue weighted by atomic mass is 35.5. The summed E-state index contributed by atoms with van der Waals surface area (Å²) in [5, 5.41) is 8.87. The molecule has 1 aromatic carbocycles. The number of aliphatic carboxylic acids is 1. The van der Waals surface area contributed by atoms with E-state index in [1.807, 2.05) is 0 Å². The molecular weight excluding hydrogens is 325 g/mol. The summed E-state index contributed by atoms with van der Waals surface area (Å²) in [4.78, 5) is 10.6. The van der Waals surface area contributed by atoms with Gasteiger partial charge in [0.25, 0.3) is 0 Å². The van der Waals surface area contributed by atoms with Crippen LogP contribution in [0.15, 0.2) is 23.1 Å². The molecule has 110 valence electrons. The molecule has 0 radical (unpaired) electrons. The number of carboxylic acids is 1. The van der Waals surface area contributed by atoms with Gasteiger partial charge in [-0.25, -0.2) is 13.1 Å². The van der Waals surface area contributed by atoms with Crippen molar-refractivity contribution in [1.29, 1.82) is 0 Å². The van der Waals surface area contributed by atoms with Crippen molar-refractivity contribution in [3.05, 3.63) is 28.2 Å². The molecule has 1 fully saturated rings. The van der Waals surface area contributed by atoms with Gasteiger partial charge in [0, 0.05) is 6.04 Å². The van der Waals surface area contributed by atoms with E-state index in [9.17, 15) is 13.2 Å². The van der Waals surface area contributed by atoms with Crippen molar-refractivity contribution in [2.24, 2.45) is 5.92 Å². The van der Waals surface area contributed by atoms with E-state index < -0.39 is 22.0 Å². The Morgan fingerprint density at radius 3 is 2.35 bits per heavy atom. The first kappa shape index (κ1) is 15.6. The molecule has 0 bridgehead atoms. The number of nitrogens with one attached hydrogen (secondary N) is 1. The average Bonchev–Trinajstić information content (AvgIpc) is 3.09. The van der Waals surface area contributed by atoms with E-state index in [0.29, 0.717) is 0 Å². The monoisotopic (exact) mass is 337 g/mol. The lowest BCUT2D eigenvalue weighted by molar-refractivity contribution is -0.137. The number of halogens is 2. The van der Waals surface area contributed by atoms with Crippen LogP contribution in [0.4, 0.5) is 0 Å². The van der Waals surface area contributed by atoms with E-state index >= 15 is 0 Å². The summed E-state index contributed by atoms with van der Waals surface area (Å²) in [6, 6.07) is 3.75. The van der Waals surface area contributed by atoms with Crippen LogP contribution in [-0.4, -0.2) is 25.5 Å². The number of rotatable bonds is 6. The molecule has 1 atom stereocenters. The first-order valence-corrected chi connectivity index (χ1v) is 8.23. The molecule has 0 amide bonds. The van der Waals surface area contributed by atoms with Crippen molar-refractivity contribution in [2.75, 3.05) is 0 Å². The van der Waals surface area contributed by atoms with Gasteiger partial charge in [0.1, 0.15) is 4.90 Å². The van der Waals surface area contributed by atoms with Crippen LogP contribution in [0.3, 0.4) is 0 Å². The zero-order valence-corrected chi connectivity index (χ0v) is 12.7. The maximum absolute atomic E-state index is 12.3. The van der Waals surface area contributed by atoms with Crippen LogP contribution in [0.25, 0.3) is 0 Å². The van der Waals surface area contributed by atoms with E-state index in [1.165, 1.54) is 12.1 Å². The maximum Gasteiger partial charge on any atom is 0.304 e. The van der Waals surface area contributed by atoms with Crippen molar-refractivity contribution in [3.63, 3.8) is 0 Å². The van der Waals surface area contributed by atoms with Gasteiger partial charge in [0.05, 0.1) is 16.5 Å². The summed E-state index contributed by atoms with van der Waals surface area (Å²) in [5.74, 6) is -0.989. The molecule has 1 unspecified atom stereocenters. The number of carbonyl (C=O) groups is 1. The Morgan fingerprint density at radius 1 is 1.35 bits per heavy atom. The second-order valence-electron chi connectivity index (χ2n) is 4.71. The Morgan fingerprint density at radius 2 is 1.90 bits per heavy atom. The van der Waals surface area contributed by atoms with Crippen LogP contribution in [0.2, 0.25) is 10.0 Å². The summed E-state index contributed by atoms with van der Waals surface area (Å²) in [6.07, 6.45) is 1.37. The molecular formula is C12H13Cl2NO4S. The summed E-state index contributed by atoms with van der Waals surface area (Å²) >= 11 is 11.8. The van der Waals surface area contributed by atoms with Gasteiger partial charge in [-0.15, -0.1) is 0 Å². The van der Waals surface area contributed by atoms with Crippen LogP contribution in [0, 0.1) is 5.92 Å². The molecule has 2 rings (SSSR count). The van der Waals surface area contributed by atoms with Crippen molar-refractivity contribution >= 4 is 39.2 Å². The predicted octanol–water partition coefficient (Wildman–Crippen LogP) is 2.53. The van der Waals surface area contributed by atoms with Gasteiger partial charge in [-0.1, -0.05) is 29.3 Å². The minimum atomic E-state index is -3.95. The van der Waals surface area contributed by atoms with E-state index in [2.05, 4.69) is 4.72 Å². The zero-order chi connectivity index (χ0) is 14.9. The lowest BCUT2D eigenvalue weighted by Gasteiger charge is -2.17. The molecule has 0 heterocycles. The number of sulfonamides is 1. The fourth-order valence-corrected chi connectivity index (χ4v) is 4.44. The van der Waals surface area contributed by atoms with Gasteiger partial charge < -0.3 is 5.11 Å². The lowest BCUT2D eigenvalue weighted by atomic mass is 10.1. The third-order valence-corrected chi connectivity index (χ3v) is 5.52. The summed E-state index contributed by atoms with van der Waals surface area (Å²) < 4.78 is 27.1. The van der Waals surface area contributed by atoms with Crippen LogP contribution in [0.1, 0.15) is 19.3 Å². The van der Waals surface area contributed by atoms with Gasteiger partial charge in [-0.2, -0.15) is 0 Å². The minimum absolute atomic E-state index is 0.00914. The van der Waals surface area contributed by atoms with Gasteiger partial charge in [-0.3, -0.25) is 4.79 Å². The Hall–Kier alpha value is -0.820. The number of hydrogen-bond acceptors (Lipinski definition) is 3. The van der Waals surface area contributed by atoms with E-state index in [-0.39, 0.29) is 27.3 Å². The molecule has 0 spiro atoms. The zero-order valence-electron chi connectivity index (χ0n) is 10.3. The number of carboxylic acid groups (broad SMARTS) is 1. The quantitative estimate of drug-likeness (QED) is 0.835. The predicted molar refractivity (Wildman–Crippen MR) is 75.5 cm³/mol. The van der Waals surface area contributed by atoms with Crippen LogP contribution >= 0.6 is 23.2 Å². The van der Waals surface area contributed by atoms with E-state index in [1.54, 1.807) is 6.07 Å². The van der Waals surface area contributed by atoms with E-state index in [4.69, 9.17) is 28.3 Å². The highest BCUT2D eigenvalue weighted by Gasteiger charge is 2.36. The first-order valence-electron chi connectivity index (χ1n) is 5.99. The lowest BCUT2D eigenvalue weighted by Crippen LogP contribution is -2.38. The third-order valence-electron chi connectivity index (χ3n) is 3.08. The SMILES string of the molecule is O=C(O)CC(NS(=O)(=O)c1c(Cl)cccc1Cl)C1CC1. The molecule has 20 heavy (non-hydrogen) atoms. The van der Waals surface area contributed by atoms with Crippen LogP contribution < -0.4 is 4.72 Å². The second-order valence-corrected chi connectivity index (χ2v) is 7.18. The number of hydrogen-bond donors (Lipinski definition) is 2. The van der Waals surface area contributed by atoms with Crippen molar-refractivity contribution in [3.8, 4) is 0 Å². The molecule has 0 aliphatic heterocycles. The second kappa shape index (κ2) is 5.89. The molecule has 2 N–H and O–H groups in total. The van der Waals surface area contributed by atoms with Crippen LogP contribution in [0.5, 0.6) is 0 Å². The average molecular weight is 338 g/mol. The van der Waals surface area contributed by atoms with Crippen molar-refractivity contribution in [1.82, 2.24) is 4.72 Å². The molecule has 5 nitrogen and oxygen atoms in total. The molecule has 8 heteroatoms. The largest absolute Gasteiger partial charge is 0.481 e. The Bertz CT molecular complexity index is 608. The Balaban J connectivity index is 2.28. The standard InChI is InChI=1S/C12H13Cl2NO4S/c13-8-2-1-3-9(14)12(8)20(18,19)15-10(6-11(16)17)7-4-5-7/h1-3,7,10,15H,4-6H2,(H,16,17). The molecule has 1 aromatic rings. The highest BCUT2D eigenvalue weighted by Crippen LogP contribution is 2.36. The van der Waals surface area contributed by atoms with Gasteiger partial charge in [0.2, 0.25) is 10.0 Å². The maximum atomic E-state index is 12.3. The molecule has 1 aliphatic rings. The topological polar surface area (TPSA) is 83.5 Å². The van der Waals surface area contributed by atoms with E-state index in [0.717, 1.165) is 12.8 Å². The molecule has 1 saturated carbocycles. The summed E-state index contributed by atoms with van der Waals surface area (Å²) in [6.45, 7) is 0. The first-order chi connectivity index (χ1) is 9.31. The summed E-state index contributed by atoms with van der Waals surface area (Å²) in [5.41, 5.74) is 0. The number of benzene rings is 1. The van der Waals surface area contributed by atoms with Crippen LogP contribution in [-0.2, 0) is 14.8 Å². The Kier molecular flexibility index (Phi) is 4.59. The third kappa shape index (κ3) is 3.63.